The highest BCUT2D eigenvalue weighted by atomic mass is 16.5. The Hall–Kier alpha value is -4.93. The number of anilines is 1. The maximum atomic E-state index is 13.0. The Bertz CT molecular complexity index is 1870. The van der Waals surface area contributed by atoms with E-state index in [4.69, 9.17) is 14.5 Å². The number of hydrogen-bond donors (Lipinski definition) is 2. The number of carbonyl (C=O) groups is 1. The molecule has 10 nitrogen and oxygen atoms in total. The maximum absolute atomic E-state index is 13.0. The smallest absolute Gasteiger partial charge is 0.341 e. The van der Waals surface area contributed by atoms with Gasteiger partial charge in [-0.05, 0) is 67.0 Å². The number of morpholine rings is 1. The Morgan fingerprint density at radius 1 is 0.938 bits per heavy atom. The normalized spacial score (nSPS) is 18.9. The van der Waals surface area contributed by atoms with Gasteiger partial charge in [0, 0.05) is 60.7 Å². The molecule has 2 aliphatic heterocycles. The van der Waals surface area contributed by atoms with Crippen molar-refractivity contribution in [3.8, 4) is 11.1 Å². The van der Waals surface area contributed by atoms with Crippen LogP contribution in [0.15, 0.2) is 101 Å². The van der Waals surface area contributed by atoms with E-state index in [-0.39, 0.29) is 17.6 Å². The van der Waals surface area contributed by atoms with Crippen LogP contribution in [0.1, 0.15) is 58.0 Å². The zero-order valence-electron chi connectivity index (χ0n) is 28.4. The number of hydrogen-bond acceptors (Lipinski definition) is 8. The van der Waals surface area contributed by atoms with E-state index in [1.165, 1.54) is 0 Å². The lowest BCUT2D eigenvalue weighted by atomic mass is 9.83. The molecule has 1 fully saturated rings. The number of allylic oxidation sites excluding steroid dienone is 1. The molecule has 2 aromatic carbocycles. The molecule has 0 bridgehead atoms. The van der Waals surface area contributed by atoms with Gasteiger partial charge in [-0.1, -0.05) is 62.4 Å². The van der Waals surface area contributed by atoms with Crippen LogP contribution in [-0.2, 0) is 16.0 Å². The van der Waals surface area contributed by atoms with Crippen LogP contribution in [0.2, 0.25) is 0 Å². The Balaban J connectivity index is 1.16. The number of urea groups is 1. The van der Waals surface area contributed by atoms with Crippen molar-refractivity contribution >= 4 is 28.3 Å². The van der Waals surface area contributed by atoms with Crippen LogP contribution in [0, 0.1) is 12.3 Å². The Kier molecular flexibility index (Phi) is 9.66. The topological polar surface area (TPSA) is 113 Å². The highest BCUT2D eigenvalue weighted by Crippen LogP contribution is 2.38. The molecule has 10 heteroatoms. The summed E-state index contributed by atoms with van der Waals surface area (Å²) in [7, 11) is 0. The van der Waals surface area contributed by atoms with E-state index < -0.39 is 6.03 Å². The first-order chi connectivity index (χ1) is 23.0. The summed E-state index contributed by atoms with van der Waals surface area (Å²) < 4.78 is 11.9. The van der Waals surface area contributed by atoms with E-state index in [0.29, 0.717) is 23.6 Å². The zero-order chi connectivity index (χ0) is 33.8. The minimum absolute atomic E-state index is 0.117. The average molecular weight is 646 g/mol. The van der Waals surface area contributed by atoms with Crippen molar-refractivity contribution < 1.29 is 14.3 Å². The molecular weight excluding hydrogens is 602 g/mol. The molecule has 4 aromatic rings. The van der Waals surface area contributed by atoms with E-state index in [0.717, 1.165) is 64.1 Å². The molecule has 2 aromatic heterocycles. The Labute approximate surface area is 282 Å². The summed E-state index contributed by atoms with van der Waals surface area (Å²) in [5.41, 5.74) is 9.52. The number of amides is 2. The first-order valence-electron chi connectivity index (χ1n) is 16.4. The lowest BCUT2D eigenvalue weighted by molar-refractivity contribution is -0.0707. The van der Waals surface area contributed by atoms with Gasteiger partial charge in [0.25, 0.3) is 0 Å². The Morgan fingerprint density at radius 2 is 1.67 bits per heavy atom. The molecule has 0 radical (unpaired) electrons. The largest absolute Gasteiger partial charge is 0.462 e. The predicted molar refractivity (Wildman–Crippen MR) is 189 cm³/mol. The number of carbonyl (C=O) groups excluding carboxylic acids is 1. The third-order valence-corrected chi connectivity index (χ3v) is 8.59. The number of aryl methyl sites for hydroxylation is 1. The summed E-state index contributed by atoms with van der Waals surface area (Å²) in [6, 6.07) is 19.5. The summed E-state index contributed by atoms with van der Waals surface area (Å²) in [6.45, 7) is 15.1. The van der Waals surface area contributed by atoms with Crippen molar-refractivity contribution in [1.29, 1.82) is 0 Å². The van der Waals surface area contributed by atoms with Crippen molar-refractivity contribution in [3.63, 3.8) is 0 Å². The zero-order valence-corrected chi connectivity index (χ0v) is 28.4. The number of rotatable bonds is 7. The van der Waals surface area contributed by atoms with E-state index in [1.54, 1.807) is 12.5 Å². The second-order valence-corrected chi connectivity index (χ2v) is 13.6. The molecule has 2 unspecified atom stereocenters. The van der Waals surface area contributed by atoms with Gasteiger partial charge < -0.3 is 14.8 Å². The molecule has 2 N–H and O–H groups in total. The van der Waals surface area contributed by atoms with Crippen LogP contribution in [0.3, 0.4) is 0 Å². The molecule has 1 saturated heterocycles. The summed E-state index contributed by atoms with van der Waals surface area (Å²) in [4.78, 5) is 24.6. The van der Waals surface area contributed by atoms with E-state index >= 15 is 0 Å². The van der Waals surface area contributed by atoms with Gasteiger partial charge in [-0.3, -0.25) is 14.9 Å². The highest BCUT2D eigenvalue weighted by Gasteiger charge is 2.26. The maximum Gasteiger partial charge on any atom is 0.341 e. The summed E-state index contributed by atoms with van der Waals surface area (Å²) in [6.07, 6.45) is 6.42. The fraction of sp³-hybridized carbons (Fsp3) is 0.342. The van der Waals surface area contributed by atoms with Gasteiger partial charge >= 0.3 is 6.03 Å². The number of ether oxygens (including phenoxy) is 2. The average Bonchev–Trinajstić information content (AvgIpc) is 3.05. The molecule has 0 aliphatic carbocycles. The minimum Gasteiger partial charge on any atom is -0.462 e. The van der Waals surface area contributed by atoms with Gasteiger partial charge in [0.1, 0.15) is 5.70 Å². The van der Waals surface area contributed by atoms with Gasteiger partial charge in [0.2, 0.25) is 0 Å². The van der Waals surface area contributed by atoms with Crippen LogP contribution in [0.25, 0.3) is 27.7 Å². The first-order valence-corrected chi connectivity index (χ1v) is 16.4. The minimum atomic E-state index is -0.503. The van der Waals surface area contributed by atoms with Gasteiger partial charge in [-0.25, -0.2) is 10.2 Å². The second-order valence-electron chi connectivity index (χ2n) is 13.6. The first kappa shape index (κ1) is 33.0. The van der Waals surface area contributed by atoms with Gasteiger partial charge in [-0.15, -0.1) is 5.11 Å². The van der Waals surface area contributed by atoms with Crippen LogP contribution in [0.5, 0.6) is 0 Å². The second kappa shape index (κ2) is 14.0. The summed E-state index contributed by atoms with van der Waals surface area (Å²) in [5.74, 6) is 0.566. The van der Waals surface area contributed by atoms with Crippen LogP contribution < -0.4 is 10.7 Å². The molecule has 2 amide bonds. The number of nitrogens with zero attached hydrogens (tertiary/aromatic N) is 5. The molecule has 2 atom stereocenters. The quantitative estimate of drug-likeness (QED) is 0.154. The lowest BCUT2D eigenvalue weighted by Gasteiger charge is -2.35. The highest BCUT2D eigenvalue weighted by molar-refractivity contribution is 6.07. The third kappa shape index (κ3) is 7.78. The molecule has 6 rings (SSSR count). The fourth-order valence-corrected chi connectivity index (χ4v) is 6.12. The van der Waals surface area contributed by atoms with Crippen molar-refractivity contribution in [1.82, 2.24) is 20.3 Å². The van der Waals surface area contributed by atoms with Crippen molar-refractivity contribution in [2.24, 2.45) is 15.8 Å². The molecule has 4 heterocycles. The summed E-state index contributed by atoms with van der Waals surface area (Å²) in [5, 5.41) is 13.3. The molecule has 0 spiro atoms. The van der Waals surface area contributed by atoms with Crippen LogP contribution in [0.4, 0.5) is 10.5 Å². The number of benzene rings is 2. The summed E-state index contributed by atoms with van der Waals surface area (Å²) >= 11 is 0. The van der Waals surface area contributed by atoms with Gasteiger partial charge in [0.05, 0.1) is 29.9 Å². The molecule has 2 aliphatic rings. The number of fused-ring (bicyclic) bond motifs is 1. The van der Waals surface area contributed by atoms with Crippen molar-refractivity contribution in [3.05, 3.63) is 108 Å². The Morgan fingerprint density at radius 3 is 2.35 bits per heavy atom. The molecule has 0 saturated carbocycles. The fourth-order valence-electron chi connectivity index (χ4n) is 6.12. The van der Waals surface area contributed by atoms with Gasteiger partial charge in [-0.2, -0.15) is 0 Å². The number of aromatic nitrogens is 2. The number of nitrogens with one attached hydrogen (secondary N) is 2. The lowest BCUT2D eigenvalue weighted by Crippen LogP contribution is -2.44. The van der Waals surface area contributed by atoms with E-state index in [2.05, 4.69) is 83.8 Å². The monoisotopic (exact) mass is 645 g/mol. The molecular formula is C38H43N7O3. The predicted octanol–water partition coefficient (Wildman–Crippen LogP) is 8.42. The van der Waals surface area contributed by atoms with E-state index in [9.17, 15) is 4.79 Å². The van der Waals surface area contributed by atoms with Crippen molar-refractivity contribution in [2.45, 2.75) is 66.7 Å². The SMILES string of the molecule is Cc1ccc(C2=C(N=NNC(=O)Nc3ccc(-c4ccc(CN5CC(C)OC(C)C5)nc4)c4ccccc34)CC(C(C)(C)C)=CO2)cn1. The number of pyridine rings is 2. The third-order valence-electron chi connectivity index (χ3n) is 8.59. The van der Waals surface area contributed by atoms with Crippen LogP contribution in [-0.4, -0.2) is 46.2 Å². The van der Waals surface area contributed by atoms with E-state index in [1.807, 2.05) is 55.6 Å². The van der Waals surface area contributed by atoms with Gasteiger partial charge in [0.15, 0.2) is 5.76 Å². The standard InChI is InChI=1S/C38H43N7O3/c1-24-11-12-28(19-39-24)36-35(17-29(23-47-36)38(4,5)6)42-44-43-37(46)41-34-16-15-31(32-9-7-8-10-33(32)34)27-13-14-30(40-18-27)22-45-20-25(2)48-26(3)21-45/h7-16,18-19,23,25-26H,17,20-22H2,1-6H3,(H2,41,42,43,46). The van der Waals surface area contributed by atoms with Crippen LogP contribution >= 0.6 is 0 Å². The van der Waals surface area contributed by atoms with Crippen molar-refractivity contribution in [2.75, 3.05) is 18.4 Å². The molecule has 248 valence electrons. The molecule has 48 heavy (non-hydrogen) atoms.